The van der Waals surface area contributed by atoms with E-state index in [0.29, 0.717) is 23.6 Å². The van der Waals surface area contributed by atoms with Gasteiger partial charge in [-0.15, -0.1) is 0 Å². The van der Waals surface area contributed by atoms with Crippen LogP contribution in [0.4, 0.5) is 0 Å². The highest BCUT2D eigenvalue weighted by atomic mass is 79.9. The normalized spacial score (nSPS) is 12.4. The van der Waals surface area contributed by atoms with Crippen molar-refractivity contribution < 1.29 is 8.42 Å². The number of likely N-dealkylation sites (N-methyl/N-ethyl adjacent to an activating group) is 1. The minimum Gasteiger partial charge on any atom is -0.303 e. The van der Waals surface area contributed by atoms with Gasteiger partial charge in [0.05, 0.1) is 10.0 Å². The Morgan fingerprint density at radius 2 is 1.80 bits per heavy atom. The summed E-state index contributed by atoms with van der Waals surface area (Å²) in [6.45, 7) is 4.97. The molecule has 0 aliphatic carbocycles. The molecule has 0 spiro atoms. The minimum absolute atomic E-state index is 0.0868. The van der Waals surface area contributed by atoms with E-state index in [0.717, 1.165) is 0 Å². The minimum atomic E-state index is -3.72. The predicted molar refractivity (Wildman–Crippen MR) is 87.1 cm³/mol. The number of nitrogens with one attached hydrogen (secondary N) is 1. The van der Waals surface area contributed by atoms with Gasteiger partial charge in [0, 0.05) is 23.6 Å². The van der Waals surface area contributed by atoms with Crippen LogP contribution in [0.1, 0.15) is 13.8 Å². The molecule has 1 rings (SSSR count). The van der Waals surface area contributed by atoms with E-state index in [9.17, 15) is 8.42 Å². The summed E-state index contributed by atoms with van der Waals surface area (Å²) < 4.78 is 27.6. The van der Waals surface area contributed by atoms with Gasteiger partial charge in [-0.1, -0.05) is 39.1 Å². The Bertz CT molecular complexity index is 556. The van der Waals surface area contributed by atoms with Crippen LogP contribution in [-0.2, 0) is 10.0 Å². The zero-order chi connectivity index (χ0) is 15.5. The Morgan fingerprint density at radius 1 is 1.30 bits per heavy atom. The second-order valence-electron chi connectivity index (χ2n) is 4.67. The Hall–Kier alpha value is 0.150. The molecule has 0 amide bonds. The van der Waals surface area contributed by atoms with Crippen LogP contribution in [0.2, 0.25) is 10.0 Å². The third-order valence-corrected chi connectivity index (χ3v) is 5.71. The van der Waals surface area contributed by atoms with Crippen LogP contribution in [0.25, 0.3) is 0 Å². The molecule has 1 aromatic carbocycles. The Balaban J connectivity index is 2.85. The summed E-state index contributed by atoms with van der Waals surface area (Å²) in [5.41, 5.74) is 0. The molecule has 1 N–H and O–H groups in total. The SMILES string of the molecule is CC(C)N(C)CCNS(=O)(=O)c1c(Cl)cc(Br)cc1Cl. The molecule has 0 atom stereocenters. The number of nitrogens with zero attached hydrogens (tertiary/aromatic N) is 1. The monoisotopic (exact) mass is 402 g/mol. The number of sulfonamides is 1. The van der Waals surface area contributed by atoms with E-state index in [1.165, 1.54) is 12.1 Å². The van der Waals surface area contributed by atoms with Crippen LogP contribution in [0.3, 0.4) is 0 Å². The third kappa shape index (κ3) is 4.86. The second-order valence-corrected chi connectivity index (χ2v) is 8.10. The fourth-order valence-corrected chi connectivity index (χ4v) is 4.43. The molecule has 0 fully saturated rings. The average molecular weight is 404 g/mol. The standard InChI is InChI=1S/C12H17BrCl2N2O2S/c1-8(2)17(3)5-4-16-20(18,19)12-10(14)6-9(13)7-11(12)15/h6-8,16H,4-5H2,1-3H3. The van der Waals surface area contributed by atoms with Crippen LogP contribution >= 0.6 is 39.1 Å². The van der Waals surface area contributed by atoms with Crippen molar-refractivity contribution in [2.24, 2.45) is 0 Å². The lowest BCUT2D eigenvalue weighted by Gasteiger charge is -2.21. The molecule has 0 aliphatic rings. The van der Waals surface area contributed by atoms with Gasteiger partial charge >= 0.3 is 0 Å². The lowest BCUT2D eigenvalue weighted by atomic mass is 10.3. The van der Waals surface area contributed by atoms with Gasteiger partial charge in [-0.05, 0) is 33.0 Å². The zero-order valence-electron chi connectivity index (χ0n) is 11.5. The fraction of sp³-hybridized carbons (Fsp3) is 0.500. The summed E-state index contributed by atoms with van der Waals surface area (Å²) in [7, 11) is -1.79. The number of hydrogen-bond donors (Lipinski definition) is 1. The molecule has 0 bridgehead atoms. The summed E-state index contributed by atoms with van der Waals surface area (Å²) in [5.74, 6) is 0. The van der Waals surface area contributed by atoms with Gasteiger partial charge in [0.1, 0.15) is 4.90 Å². The van der Waals surface area contributed by atoms with E-state index in [2.05, 4.69) is 20.7 Å². The molecule has 0 unspecified atom stereocenters. The van der Waals surface area contributed by atoms with Crippen molar-refractivity contribution in [3.8, 4) is 0 Å². The van der Waals surface area contributed by atoms with E-state index in [4.69, 9.17) is 23.2 Å². The highest BCUT2D eigenvalue weighted by Crippen LogP contribution is 2.32. The summed E-state index contributed by atoms with van der Waals surface area (Å²) >= 11 is 15.1. The fourth-order valence-electron chi connectivity index (χ4n) is 1.47. The predicted octanol–water partition coefficient (Wildman–Crippen LogP) is 3.37. The van der Waals surface area contributed by atoms with Gasteiger partial charge in [-0.2, -0.15) is 0 Å². The number of halogens is 3. The Kier molecular flexibility index (Phi) is 6.76. The second kappa shape index (κ2) is 7.42. The average Bonchev–Trinajstić information content (AvgIpc) is 2.26. The van der Waals surface area contributed by atoms with E-state index in [1.807, 2.05) is 25.8 Å². The summed E-state index contributed by atoms with van der Waals surface area (Å²) in [5, 5.41) is 0.183. The first kappa shape index (κ1) is 18.2. The molecule has 20 heavy (non-hydrogen) atoms. The van der Waals surface area contributed by atoms with Gasteiger partial charge in [0.2, 0.25) is 10.0 Å². The van der Waals surface area contributed by atoms with Crippen molar-refractivity contribution in [2.45, 2.75) is 24.8 Å². The molecule has 0 heterocycles. The van der Waals surface area contributed by atoms with Crippen LogP contribution in [-0.4, -0.2) is 39.5 Å². The van der Waals surface area contributed by atoms with Crippen molar-refractivity contribution in [3.05, 3.63) is 26.7 Å². The Labute approximate surface area is 138 Å². The molecule has 4 nitrogen and oxygen atoms in total. The van der Waals surface area contributed by atoms with Gasteiger partial charge in [0.15, 0.2) is 0 Å². The van der Waals surface area contributed by atoms with Crippen LogP contribution in [0.5, 0.6) is 0 Å². The molecule has 0 saturated carbocycles. The molecule has 0 radical (unpaired) electrons. The van der Waals surface area contributed by atoms with E-state index in [1.54, 1.807) is 0 Å². The molecule has 8 heteroatoms. The van der Waals surface area contributed by atoms with Crippen LogP contribution in [0, 0.1) is 0 Å². The molecule has 0 saturated heterocycles. The molecular formula is C12H17BrCl2N2O2S. The third-order valence-electron chi connectivity index (χ3n) is 2.87. The maximum absolute atomic E-state index is 12.2. The first-order valence-electron chi connectivity index (χ1n) is 5.99. The molecule has 0 aromatic heterocycles. The summed E-state index contributed by atoms with van der Waals surface area (Å²) in [4.78, 5) is 1.95. The van der Waals surface area contributed by atoms with Crippen LogP contribution < -0.4 is 4.72 Å². The highest BCUT2D eigenvalue weighted by Gasteiger charge is 2.22. The van der Waals surface area contributed by atoms with Crippen LogP contribution in [0.15, 0.2) is 21.5 Å². The van der Waals surface area contributed by atoms with E-state index >= 15 is 0 Å². The van der Waals surface area contributed by atoms with E-state index < -0.39 is 10.0 Å². The molecular weight excluding hydrogens is 387 g/mol. The topological polar surface area (TPSA) is 49.4 Å². The maximum atomic E-state index is 12.2. The van der Waals surface area contributed by atoms with Gasteiger partial charge in [0.25, 0.3) is 0 Å². The molecule has 1 aromatic rings. The van der Waals surface area contributed by atoms with Crippen molar-refractivity contribution in [1.29, 1.82) is 0 Å². The summed E-state index contributed by atoms with van der Waals surface area (Å²) in [6.07, 6.45) is 0. The number of rotatable bonds is 6. The molecule has 0 aliphatic heterocycles. The maximum Gasteiger partial charge on any atom is 0.243 e. The van der Waals surface area contributed by atoms with Gasteiger partial charge in [-0.3, -0.25) is 0 Å². The first-order chi connectivity index (χ1) is 9.15. The van der Waals surface area contributed by atoms with Gasteiger partial charge in [-0.25, -0.2) is 13.1 Å². The quantitative estimate of drug-likeness (QED) is 0.791. The van der Waals surface area contributed by atoms with Gasteiger partial charge < -0.3 is 4.90 Å². The summed E-state index contributed by atoms with van der Waals surface area (Å²) in [6, 6.07) is 3.35. The van der Waals surface area contributed by atoms with Crippen molar-refractivity contribution in [1.82, 2.24) is 9.62 Å². The van der Waals surface area contributed by atoms with Crippen molar-refractivity contribution in [3.63, 3.8) is 0 Å². The lowest BCUT2D eigenvalue weighted by molar-refractivity contribution is 0.278. The van der Waals surface area contributed by atoms with Crippen molar-refractivity contribution in [2.75, 3.05) is 20.1 Å². The smallest absolute Gasteiger partial charge is 0.243 e. The van der Waals surface area contributed by atoms with Crippen molar-refractivity contribution >= 4 is 49.2 Å². The number of benzene rings is 1. The first-order valence-corrected chi connectivity index (χ1v) is 9.03. The van der Waals surface area contributed by atoms with E-state index in [-0.39, 0.29) is 14.9 Å². The largest absolute Gasteiger partial charge is 0.303 e. The highest BCUT2D eigenvalue weighted by molar-refractivity contribution is 9.10. The number of hydrogen-bond acceptors (Lipinski definition) is 3. The lowest BCUT2D eigenvalue weighted by Crippen LogP contribution is -2.36. The molecule has 114 valence electrons. The Morgan fingerprint density at radius 3 is 2.25 bits per heavy atom. The zero-order valence-corrected chi connectivity index (χ0v) is 15.4.